The van der Waals surface area contributed by atoms with Crippen molar-refractivity contribution in [2.75, 3.05) is 13.2 Å². The van der Waals surface area contributed by atoms with Gasteiger partial charge in [0.25, 0.3) is 0 Å². The van der Waals surface area contributed by atoms with Crippen LogP contribution in [0.2, 0.25) is 0 Å². The van der Waals surface area contributed by atoms with Gasteiger partial charge in [-0.25, -0.2) is 4.79 Å². The third-order valence-electron chi connectivity index (χ3n) is 2.61. The Kier molecular flexibility index (Phi) is 2.11. The maximum absolute atomic E-state index is 11.5. The van der Waals surface area contributed by atoms with Crippen molar-refractivity contribution < 1.29 is 24.0 Å². The second-order valence-corrected chi connectivity index (χ2v) is 3.69. The van der Waals surface area contributed by atoms with E-state index < -0.39 is 0 Å². The summed E-state index contributed by atoms with van der Waals surface area (Å²) < 4.78 is 12.0. The van der Waals surface area contributed by atoms with Crippen LogP contribution in [0.1, 0.15) is 0 Å². The van der Waals surface area contributed by atoms with Gasteiger partial charge >= 0.3 is 11.8 Å². The molecule has 1 amide bonds. The summed E-state index contributed by atoms with van der Waals surface area (Å²) in [5.74, 6) is 0.867. The van der Waals surface area contributed by atoms with Gasteiger partial charge in [-0.05, 0) is 6.07 Å². The fourth-order valence-electron chi connectivity index (χ4n) is 1.84. The van der Waals surface area contributed by atoms with Crippen LogP contribution in [0, 0.1) is 0 Å². The fraction of sp³-hybridized carbons (Fsp3) is 0.167. The van der Waals surface area contributed by atoms with Crippen molar-refractivity contribution in [1.29, 1.82) is 0 Å². The zero-order valence-corrected chi connectivity index (χ0v) is 8.92. The van der Waals surface area contributed by atoms with E-state index in [9.17, 15) is 9.90 Å². The van der Waals surface area contributed by atoms with Crippen LogP contribution in [-0.4, -0.2) is 34.7 Å². The summed E-state index contributed by atoms with van der Waals surface area (Å²) >= 11 is 0. The van der Waals surface area contributed by atoms with Crippen molar-refractivity contribution in [3.05, 3.63) is 30.4 Å². The van der Waals surface area contributed by atoms with E-state index in [4.69, 9.17) is 9.47 Å². The van der Waals surface area contributed by atoms with Gasteiger partial charge in [0.05, 0.1) is 18.2 Å². The number of hydrogen-bond donors (Lipinski definition) is 1. The predicted octanol–water partition coefficient (Wildman–Crippen LogP) is 1.15. The smallest absolute Gasteiger partial charge is 0.421 e. The number of ether oxygens (including phenoxy) is 2. The van der Waals surface area contributed by atoms with E-state index in [0.717, 1.165) is 0 Å². The normalized spacial score (nSPS) is 17.8. The molecule has 1 aromatic carbocycles. The number of amides is 1. The van der Waals surface area contributed by atoms with Gasteiger partial charge in [0.2, 0.25) is 5.69 Å². The second kappa shape index (κ2) is 3.62. The molecule has 1 aromatic rings. The lowest BCUT2D eigenvalue weighted by atomic mass is 10.2. The molecule has 0 saturated heterocycles. The molecule has 1 N–H and O–H groups in total. The average molecular weight is 232 g/mol. The SMILES string of the molecule is O=C1C=CC(O)=[N+]1c1ccc2c(c1)OCCO2. The third kappa shape index (κ3) is 1.56. The molecule has 2 aliphatic heterocycles. The topological polar surface area (TPSA) is 58.8 Å². The highest BCUT2D eigenvalue weighted by Crippen LogP contribution is 2.34. The van der Waals surface area contributed by atoms with Crippen molar-refractivity contribution >= 4 is 17.5 Å². The maximum atomic E-state index is 11.5. The summed E-state index contributed by atoms with van der Waals surface area (Å²) in [6.07, 6.45) is 2.67. The number of nitrogens with zero attached hydrogens (tertiary/aromatic N) is 1. The molecule has 3 rings (SSSR count). The van der Waals surface area contributed by atoms with E-state index in [1.807, 2.05) is 0 Å². The van der Waals surface area contributed by atoms with E-state index in [2.05, 4.69) is 0 Å². The van der Waals surface area contributed by atoms with E-state index in [1.54, 1.807) is 18.2 Å². The summed E-state index contributed by atoms with van der Waals surface area (Å²) in [5, 5.41) is 9.58. The van der Waals surface area contributed by atoms with E-state index in [-0.39, 0.29) is 11.8 Å². The van der Waals surface area contributed by atoms with Gasteiger partial charge in [0.1, 0.15) is 13.2 Å². The van der Waals surface area contributed by atoms with Crippen molar-refractivity contribution in [3.63, 3.8) is 0 Å². The van der Waals surface area contributed by atoms with Gasteiger partial charge in [-0.1, -0.05) is 4.58 Å². The molecule has 0 atom stereocenters. The van der Waals surface area contributed by atoms with Crippen LogP contribution in [-0.2, 0) is 4.79 Å². The fourth-order valence-corrected chi connectivity index (χ4v) is 1.84. The Bertz CT molecular complexity index is 560. The van der Waals surface area contributed by atoms with Gasteiger partial charge in [-0.15, -0.1) is 0 Å². The minimum atomic E-state index is -0.279. The molecule has 86 valence electrons. The van der Waals surface area contributed by atoms with Gasteiger partial charge in [0, 0.05) is 6.07 Å². The Morgan fingerprint density at radius 1 is 1.12 bits per heavy atom. The molecule has 2 aliphatic rings. The minimum absolute atomic E-state index is 0.0910. The van der Waals surface area contributed by atoms with Crippen LogP contribution in [0.25, 0.3) is 0 Å². The summed E-state index contributed by atoms with van der Waals surface area (Å²) in [5.41, 5.74) is 0.557. The Labute approximate surface area is 97.2 Å². The first kappa shape index (κ1) is 9.89. The first-order valence-electron chi connectivity index (χ1n) is 5.23. The Balaban J connectivity index is 2.05. The number of fused-ring (bicyclic) bond motifs is 1. The molecule has 0 radical (unpaired) electrons. The van der Waals surface area contributed by atoms with Gasteiger partial charge in [-0.2, -0.15) is 0 Å². The summed E-state index contributed by atoms with van der Waals surface area (Å²) in [6, 6.07) is 5.10. The Morgan fingerprint density at radius 3 is 2.59 bits per heavy atom. The highest BCUT2D eigenvalue weighted by Gasteiger charge is 2.29. The number of aliphatic hydroxyl groups excluding tert-OH is 1. The Morgan fingerprint density at radius 2 is 1.88 bits per heavy atom. The molecule has 5 nitrogen and oxygen atoms in total. The zero-order chi connectivity index (χ0) is 11.8. The Hall–Kier alpha value is -2.30. The number of aliphatic hydroxyl groups is 1. The summed E-state index contributed by atoms with van der Waals surface area (Å²) in [4.78, 5) is 11.5. The van der Waals surface area contributed by atoms with Crippen LogP contribution in [0.15, 0.2) is 30.4 Å². The monoisotopic (exact) mass is 232 g/mol. The van der Waals surface area contributed by atoms with Crippen LogP contribution in [0.4, 0.5) is 5.69 Å². The largest absolute Gasteiger partial charge is 0.486 e. The number of carbonyl (C=O) groups excluding carboxylic acids is 1. The number of rotatable bonds is 1. The molecule has 2 heterocycles. The molecule has 5 heteroatoms. The first-order valence-corrected chi connectivity index (χ1v) is 5.23. The molecule has 0 aromatic heterocycles. The molecule has 0 bridgehead atoms. The average Bonchev–Trinajstić information content (AvgIpc) is 2.68. The summed E-state index contributed by atoms with van der Waals surface area (Å²) in [6.45, 7) is 1.01. The lowest BCUT2D eigenvalue weighted by Gasteiger charge is -2.17. The number of benzene rings is 1. The van der Waals surface area contributed by atoms with Crippen molar-refractivity contribution in [2.45, 2.75) is 0 Å². The van der Waals surface area contributed by atoms with Gasteiger partial charge < -0.3 is 14.6 Å². The first-order chi connectivity index (χ1) is 8.25. The molecule has 0 fully saturated rings. The molecule has 17 heavy (non-hydrogen) atoms. The lowest BCUT2D eigenvalue weighted by Crippen LogP contribution is -2.18. The molecule has 0 unspecified atom stereocenters. The quantitative estimate of drug-likeness (QED) is 0.738. The van der Waals surface area contributed by atoms with Crippen LogP contribution in [0.3, 0.4) is 0 Å². The maximum Gasteiger partial charge on any atom is 0.421 e. The lowest BCUT2D eigenvalue weighted by molar-refractivity contribution is -0.365. The van der Waals surface area contributed by atoms with Gasteiger partial charge in [-0.3, -0.25) is 0 Å². The summed E-state index contributed by atoms with van der Waals surface area (Å²) in [7, 11) is 0. The van der Waals surface area contributed by atoms with Crippen molar-refractivity contribution in [3.8, 4) is 11.5 Å². The third-order valence-corrected chi connectivity index (χ3v) is 2.61. The van der Waals surface area contributed by atoms with Crippen LogP contribution >= 0.6 is 0 Å². The van der Waals surface area contributed by atoms with E-state index >= 15 is 0 Å². The molecule has 0 aliphatic carbocycles. The number of hydrogen-bond acceptors (Lipinski definition) is 3. The second-order valence-electron chi connectivity index (χ2n) is 3.69. The van der Waals surface area contributed by atoms with Crippen molar-refractivity contribution in [2.24, 2.45) is 0 Å². The standard InChI is InChI=1S/C12H9NO4/c14-11-3-4-12(15)13(11)8-1-2-9-10(7-8)17-6-5-16-9/h1-4,7H,5-6H2/p+1. The zero-order valence-electron chi connectivity index (χ0n) is 8.92. The molecular weight excluding hydrogens is 222 g/mol. The molecular formula is C12H10NO4+. The molecule has 0 saturated carbocycles. The van der Waals surface area contributed by atoms with E-state index in [0.29, 0.717) is 30.4 Å². The highest BCUT2D eigenvalue weighted by atomic mass is 16.6. The molecule has 0 spiro atoms. The number of carbonyl (C=O) groups is 1. The van der Waals surface area contributed by atoms with Crippen molar-refractivity contribution in [1.82, 2.24) is 0 Å². The van der Waals surface area contributed by atoms with Crippen LogP contribution < -0.4 is 9.47 Å². The van der Waals surface area contributed by atoms with Crippen LogP contribution in [0.5, 0.6) is 11.5 Å². The highest BCUT2D eigenvalue weighted by molar-refractivity contribution is 6.00. The van der Waals surface area contributed by atoms with E-state index in [1.165, 1.54) is 16.7 Å². The van der Waals surface area contributed by atoms with Gasteiger partial charge in [0.15, 0.2) is 11.5 Å². The minimum Gasteiger partial charge on any atom is -0.486 e. The predicted molar refractivity (Wildman–Crippen MR) is 59.1 cm³/mol.